The summed E-state index contributed by atoms with van der Waals surface area (Å²) in [5, 5.41) is 9.72. The highest BCUT2D eigenvalue weighted by molar-refractivity contribution is 6.05. The number of nitrogens with zero attached hydrogens (tertiary/aromatic N) is 3. The second kappa shape index (κ2) is 5.84. The predicted molar refractivity (Wildman–Crippen MR) is 80.1 cm³/mol. The lowest BCUT2D eigenvalue weighted by molar-refractivity contribution is 0.102. The molecule has 116 valence electrons. The molecule has 8 heteroatoms. The molecule has 1 aromatic heterocycles. The molecule has 0 spiro atoms. The van der Waals surface area contributed by atoms with E-state index in [9.17, 15) is 13.6 Å². The number of benzene rings is 2. The molecular weight excluding hydrogens is 304 g/mol. The molecular formula is C15H11F2N5O. The first-order valence-electron chi connectivity index (χ1n) is 6.59. The number of hydrogen-bond acceptors (Lipinski definition) is 4. The summed E-state index contributed by atoms with van der Waals surface area (Å²) >= 11 is 0. The minimum absolute atomic E-state index is 0.00879. The highest BCUT2D eigenvalue weighted by Crippen LogP contribution is 2.19. The van der Waals surface area contributed by atoms with Crippen LogP contribution in [-0.4, -0.2) is 20.9 Å². The Labute approximate surface area is 129 Å². The maximum atomic E-state index is 13.6. The molecule has 0 saturated carbocycles. The summed E-state index contributed by atoms with van der Waals surface area (Å²) in [4.78, 5) is 12.1. The van der Waals surface area contributed by atoms with Gasteiger partial charge in [0.25, 0.3) is 5.91 Å². The van der Waals surface area contributed by atoms with Gasteiger partial charge in [0, 0.05) is 6.07 Å². The van der Waals surface area contributed by atoms with Gasteiger partial charge in [-0.2, -0.15) is 4.68 Å². The lowest BCUT2D eigenvalue weighted by Gasteiger charge is -2.06. The van der Waals surface area contributed by atoms with Gasteiger partial charge in [-0.15, -0.1) is 5.10 Å². The number of hydrogen-bond donors (Lipinski definition) is 2. The largest absolute Gasteiger partial charge is 0.382 e. The van der Waals surface area contributed by atoms with Crippen LogP contribution in [0.3, 0.4) is 0 Å². The van der Waals surface area contributed by atoms with Crippen molar-refractivity contribution < 1.29 is 13.6 Å². The molecule has 1 heterocycles. The van der Waals surface area contributed by atoms with Crippen LogP contribution in [0.4, 0.5) is 20.3 Å². The fourth-order valence-electron chi connectivity index (χ4n) is 1.99. The number of para-hydroxylation sites is 1. The highest BCUT2D eigenvalue weighted by Gasteiger charge is 2.19. The molecule has 3 N–H and O–H groups in total. The molecule has 0 fully saturated rings. The van der Waals surface area contributed by atoms with Crippen molar-refractivity contribution in [3.05, 3.63) is 65.9 Å². The zero-order valence-electron chi connectivity index (χ0n) is 11.7. The molecule has 0 unspecified atom stereocenters. The van der Waals surface area contributed by atoms with Crippen LogP contribution in [0.5, 0.6) is 0 Å². The third-order valence-electron chi connectivity index (χ3n) is 3.10. The molecule has 0 aliphatic rings. The maximum absolute atomic E-state index is 13.6. The second-order valence-corrected chi connectivity index (χ2v) is 4.65. The van der Waals surface area contributed by atoms with Crippen molar-refractivity contribution in [2.45, 2.75) is 0 Å². The number of halogens is 2. The third kappa shape index (κ3) is 2.86. The number of carbonyl (C=O) groups excluding carboxylic acids is 1. The second-order valence-electron chi connectivity index (χ2n) is 4.65. The lowest BCUT2D eigenvalue weighted by Crippen LogP contribution is -2.16. The van der Waals surface area contributed by atoms with Gasteiger partial charge >= 0.3 is 0 Å². The first-order valence-corrected chi connectivity index (χ1v) is 6.59. The van der Waals surface area contributed by atoms with Crippen molar-refractivity contribution in [3.63, 3.8) is 0 Å². The molecule has 2 aromatic carbocycles. The average molecular weight is 315 g/mol. The Bertz CT molecular complexity index is 864. The van der Waals surface area contributed by atoms with Crippen LogP contribution in [0.25, 0.3) is 5.69 Å². The summed E-state index contributed by atoms with van der Waals surface area (Å²) in [6, 6.07) is 11.6. The standard InChI is InChI=1S/C15H11F2N5O/c16-9-6-7-11(17)12(8-9)19-15(23)13-14(18)22(21-20-13)10-4-2-1-3-5-10/h1-8H,18H2,(H,19,23). The summed E-state index contributed by atoms with van der Waals surface area (Å²) in [6.45, 7) is 0. The quantitative estimate of drug-likeness (QED) is 0.777. The molecule has 3 rings (SSSR count). The van der Waals surface area contributed by atoms with Crippen LogP contribution in [0, 0.1) is 11.6 Å². The van der Waals surface area contributed by atoms with Crippen molar-refractivity contribution in [1.29, 1.82) is 0 Å². The Balaban J connectivity index is 1.89. The van der Waals surface area contributed by atoms with E-state index >= 15 is 0 Å². The van der Waals surface area contributed by atoms with E-state index in [4.69, 9.17) is 5.73 Å². The van der Waals surface area contributed by atoms with E-state index in [1.165, 1.54) is 4.68 Å². The summed E-state index contributed by atoms with van der Waals surface area (Å²) in [5.74, 6) is -2.24. The van der Waals surface area contributed by atoms with E-state index in [1.807, 2.05) is 6.07 Å². The van der Waals surface area contributed by atoms with Crippen molar-refractivity contribution in [1.82, 2.24) is 15.0 Å². The molecule has 1 amide bonds. The zero-order chi connectivity index (χ0) is 16.4. The van der Waals surface area contributed by atoms with Gasteiger partial charge < -0.3 is 11.1 Å². The monoisotopic (exact) mass is 315 g/mol. The number of amides is 1. The molecule has 0 saturated heterocycles. The van der Waals surface area contributed by atoms with E-state index in [0.29, 0.717) is 5.69 Å². The van der Waals surface area contributed by atoms with Crippen LogP contribution in [0.2, 0.25) is 0 Å². The van der Waals surface area contributed by atoms with Gasteiger partial charge in [0.2, 0.25) is 0 Å². The topological polar surface area (TPSA) is 85.8 Å². The van der Waals surface area contributed by atoms with Crippen molar-refractivity contribution in [3.8, 4) is 5.69 Å². The summed E-state index contributed by atoms with van der Waals surface area (Å²) in [7, 11) is 0. The molecule has 0 aliphatic carbocycles. The fourth-order valence-corrected chi connectivity index (χ4v) is 1.99. The Morgan fingerprint density at radius 1 is 1.13 bits per heavy atom. The molecule has 0 aliphatic heterocycles. The minimum atomic E-state index is -0.783. The summed E-state index contributed by atoms with van der Waals surface area (Å²) in [6.07, 6.45) is 0. The smallest absolute Gasteiger partial charge is 0.280 e. The Morgan fingerprint density at radius 2 is 1.87 bits per heavy atom. The molecule has 0 radical (unpaired) electrons. The van der Waals surface area contributed by atoms with E-state index in [2.05, 4.69) is 15.6 Å². The fraction of sp³-hybridized carbons (Fsp3) is 0. The van der Waals surface area contributed by atoms with Gasteiger partial charge in [-0.05, 0) is 24.3 Å². The predicted octanol–water partition coefficient (Wildman–Crippen LogP) is 2.38. The maximum Gasteiger partial charge on any atom is 0.280 e. The van der Waals surface area contributed by atoms with E-state index in [1.54, 1.807) is 24.3 Å². The van der Waals surface area contributed by atoms with Crippen molar-refractivity contribution >= 4 is 17.4 Å². The summed E-state index contributed by atoms with van der Waals surface area (Å²) < 4.78 is 28.0. The molecule has 3 aromatic rings. The first kappa shape index (κ1) is 14.6. The Hall–Kier alpha value is -3.29. The van der Waals surface area contributed by atoms with Crippen molar-refractivity contribution in [2.75, 3.05) is 11.1 Å². The molecule has 0 atom stereocenters. The number of nitrogen functional groups attached to an aromatic ring is 1. The molecule has 23 heavy (non-hydrogen) atoms. The van der Waals surface area contributed by atoms with Gasteiger partial charge in [-0.3, -0.25) is 4.79 Å². The number of nitrogens with one attached hydrogen (secondary N) is 1. The van der Waals surface area contributed by atoms with E-state index in [0.717, 1.165) is 18.2 Å². The Kier molecular flexibility index (Phi) is 3.71. The van der Waals surface area contributed by atoms with Gasteiger partial charge in [-0.1, -0.05) is 23.4 Å². The Morgan fingerprint density at radius 3 is 2.61 bits per heavy atom. The van der Waals surface area contributed by atoms with E-state index in [-0.39, 0.29) is 17.2 Å². The molecule has 6 nitrogen and oxygen atoms in total. The first-order chi connectivity index (χ1) is 11.1. The number of aromatic nitrogens is 3. The van der Waals surface area contributed by atoms with Gasteiger partial charge in [0.05, 0.1) is 11.4 Å². The highest BCUT2D eigenvalue weighted by atomic mass is 19.1. The third-order valence-corrected chi connectivity index (χ3v) is 3.10. The number of anilines is 2. The lowest BCUT2D eigenvalue weighted by atomic mass is 10.2. The van der Waals surface area contributed by atoms with Crippen LogP contribution in [-0.2, 0) is 0 Å². The zero-order valence-corrected chi connectivity index (χ0v) is 11.7. The normalized spacial score (nSPS) is 10.5. The average Bonchev–Trinajstić information content (AvgIpc) is 2.93. The number of carbonyl (C=O) groups is 1. The van der Waals surface area contributed by atoms with Crippen molar-refractivity contribution in [2.24, 2.45) is 0 Å². The minimum Gasteiger partial charge on any atom is -0.382 e. The van der Waals surface area contributed by atoms with Crippen LogP contribution in [0.1, 0.15) is 10.5 Å². The molecule has 0 bridgehead atoms. The van der Waals surface area contributed by atoms with Gasteiger partial charge in [0.1, 0.15) is 11.6 Å². The SMILES string of the molecule is Nc1c(C(=O)Nc2cc(F)ccc2F)nnn1-c1ccccc1. The van der Waals surface area contributed by atoms with Crippen LogP contribution < -0.4 is 11.1 Å². The van der Waals surface area contributed by atoms with E-state index < -0.39 is 17.5 Å². The van der Waals surface area contributed by atoms with Gasteiger partial charge in [-0.25, -0.2) is 8.78 Å². The number of nitrogens with two attached hydrogens (primary N) is 1. The van der Waals surface area contributed by atoms with Crippen LogP contribution >= 0.6 is 0 Å². The summed E-state index contributed by atoms with van der Waals surface area (Å²) in [5.41, 5.74) is 6.00. The van der Waals surface area contributed by atoms with Gasteiger partial charge in [0.15, 0.2) is 11.5 Å². The van der Waals surface area contributed by atoms with Crippen LogP contribution in [0.15, 0.2) is 48.5 Å². The number of rotatable bonds is 3.